The van der Waals surface area contributed by atoms with Crippen LogP contribution >= 0.6 is 0 Å². The highest BCUT2D eigenvalue weighted by atomic mass is 16.5. The van der Waals surface area contributed by atoms with Crippen LogP contribution in [0.4, 0.5) is 4.79 Å². The van der Waals surface area contributed by atoms with Crippen molar-refractivity contribution in [3.05, 3.63) is 0 Å². The molecule has 0 radical (unpaired) electrons. The van der Waals surface area contributed by atoms with E-state index in [1.54, 1.807) is 0 Å². The maximum absolute atomic E-state index is 12.4. The van der Waals surface area contributed by atoms with Gasteiger partial charge in [-0.25, -0.2) is 4.79 Å². The molecule has 9 heteroatoms. The van der Waals surface area contributed by atoms with Gasteiger partial charge in [-0.3, -0.25) is 14.4 Å². The number of carbonyl (C=O) groups is 4. The van der Waals surface area contributed by atoms with Crippen LogP contribution in [0, 0.1) is 0 Å². The summed E-state index contributed by atoms with van der Waals surface area (Å²) in [4.78, 5) is 45.8. The number of nitrogens with one attached hydrogen (secondary N) is 1. The lowest BCUT2D eigenvalue weighted by Gasteiger charge is -2.33. The molecule has 252 valence electrons. The van der Waals surface area contributed by atoms with E-state index in [1.807, 2.05) is 0 Å². The zero-order valence-electron chi connectivity index (χ0n) is 27.2. The second-order valence-corrected chi connectivity index (χ2v) is 12.3. The first-order valence-electron chi connectivity index (χ1n) is 17.3. The van der Waals surface area contributed by atoms with Gasteiger partial charge in [-0.2, -0.15) is 0 Å². The minimum atomic E-state index is -1.26. The van der Waals surface area contributed by atoms with Crippen molar-refractivity contribution in [3.8, 4) is 0 Å². The fourth-order valence-corrected chi connectivity index (χ4v) is 5.55. The van der Waals surface area contributed by atoms with Crippen LogP contribution in [0.5, 0.6) is 0 Å². The second-order valence-electron chi connectivity index (χ2n) is 12.3. The average Bonchev–Trinajstić information content (AvgIpc) is 2.96. The zero-order valence-corrected chi connectivity index (χ0v) is 27.2. The Morgan fingerprint density at radius 1 is 0.488 bits per heavy atom. The van der Waals surface area contributed by atoms with Gasteiger partial charge in [-0.1, -0.05) is 135 Å². The van der Waals surface area contributed by atoms with E-state index in [0.717, 1.165) is 19.3 Å². The minimum Gasteiger partial charge on any atom is -0.481 e. The number of hydrogen-bond donors (Lipinski definition) is 4. The van der Waals surface area contributed by atoms with Gasteiger partial charge in [0, 0.05) is 24.8 Å². The molecule has 0 aliphatic carbocycles. The molecule has 0 aromatic carbocycles. The van der Waals surface area contributed by atoms with Crippen molar-refractivity contribution in [3.63, 3.8) is 0 Å². The molecule has 0 aromatic rings. The number of ether oxygens (including phenoxy) is 1. The lowest BCUT2D eigenvalue weighted by molar-refractivity contribution is -0.137. The summed E-state index contributed by atoms with van der Waals surface area (Å²) < 4.78 is 5.27. The summed E-state index contributed by atoms with van der Waals surface area (Å²) in [5.41, 5.74) is -1.26. The minimum absolute atomic E-state index is 0.0721. The topological polar surface area (TPSA) is 150 Å². The third-order valence-electron chi connectivity index (χ3n) is 8.30. The van der Waals surface area contributed by atoms with Crippen molar-refractivity contribution < 1.29 is 39.2 Å². The van der Waals surface area contributed by atoms with E-state index < -0.39 is 29.5 Å². The molecule has 4 N–H and O–H groups in total. The number of carboxylic acid groups (broad SMARTS) is 3. The van der Waals surface area contributed by atoms with Crippen molar-refractivity contribution in [1.82, 2.24) is 5.32 Å². The Bertz CT molecular complexity index is 682. The summed E-state index contributed by atoms with van der Waals surface area (Å²) in [7, 11) is 0. The molecule has 0 fully saturated rings. The van der Waals surface area contributed by atoms with Crippen molar-refractivity contribution in [2.24, 2.45) is 0 Å². The number of carboxylic acids is 3. The van der Waals surface area contributed by atoms with Crippen LogP contribution < -0.4 is 5.32 Å². The normalized spacial score (nSPS) is 11.4. The van der Waals surface area contributed by atoms with Gasteiger partial charge in [0.25, 0.3) is 0 Å². The van der Waals surface area contributed by atoms with Gasteiger partial charge in [-0.05, 0) is 25.7 Å². The largest absolute Gasteiger partial charge is 0.481 e. The molecule has 9 nitrogen and oxygen atoms in total. The van der Waals surface area contributed by atoms with Crippen molar-refractivity contribution >= 4 is 24.0 Å². The highest BCUT2D eigenvalue weighted by molar-refractivity contribution is 5.71. The maximum Gasteiger partial charge on any atom is 0.407 e. The Labute approximate surface area is 260 Å². The number of alkyl carbamates (subject to hydrolysis) is 1. The quantitative estimate of drug-likeness (QED) is 0.0548. The summed E-state index contributed by atoms with van der Waals surface area (Å²) in [5.74, 6) is -3.32. The van der Waals surface area contributed by atoms with E-state index in [-0.39, 0.29) is 45.1 Å². The van der Waals surface area contributed by atoms with Crippen molar-refractivity contribution in [2.45, 2.75) is 186 Å². The zero-order chi connectivity index (χ0) is 32.0. The first-order valence-corrected chi connectivity index (χ1v) is 17.3. The van der Waals surface area contributed by atoms with Gasteiger partial charge in [0.15, 0.2) is 0 Å². The van der Waals surface area contributed by atoms with Crippen LogP contribution in [0.3, 0.4) is 0 Å². The predicted octanol–water partition coefficient (Wildman–Crippen LogP) is 9.26. The van der Waals surface area contributed by atoms with Crippen LogP contribution in [0.1, 0.15) is 180 Å². The molecule has 0 rings (SSSR count). The fourth-order valence-electron chi connectivity index (χ4n) is 5.55. The standard InChI is InChI=1S/C34H63NO8/c1-2-3-4-5-6-7-8-9-10-11-12-13-14-15-16-17-18-19-20-21-22-29-43-33(42)35-34(26-23-30(36)37,27-24-31(38)39)28-25-32(40)41/h2-29H2,1H3,(H,35,42)(H,36,37)(H,38,39)(H,40,41). The van der Waals surface area contributed by atoms with E-state index in [4.69, 9.17) is 20.1 Å². The molecule has 0 atom stereocenters. The SMILES string of the molecule is CCCCCCCCCCCCCCCCCCCCCCCOC(=O)NC(CCC(=O)O)(CCC(=O)O)CCC(=O)O. The highest BCUT2D eigenvalue weighted by Gasteiger charge is 2.34. The molecular weight excluding hydrogens is 550 g/mol. The third-order valence-corrected chi connectivity index (χ3v) is 8.30. The van der Waals surface area contributed by atoms with Crippen LogP contribution in [0.2, 0.25) is 0 Å². The Kier molecular flexibility index (Phi) is 26.9. The Hall–Kier alpha value is -2.32. The molecule has 0 saturated carbocycles. The monoisotopic (exact) mass is 613 g/mol. The molecular formula is C34H63NO8. The third kappa shape index (κ3) is 28.2. The summed E-state index contributed by atoms with van der Waals surface area (Å²) in [5, 5.41) is 29.9. The summed E-state index contributed by atoms with van der Waals surface area (Å²) in [6, 6.07) is 0. The number of aliphatic carboxylic acids is 3. The fraction of sp³-hybridized carbons (Fsp3) is 0.882. The van der Waals surface area contributed by atoms with Gasteiger partial charge in [0.1, 0.15) is 0 Å². The number of carbonyl (C=O) groups excluding carboxylic acids is 1. The van der Waals surface area contributed by atoms with Gasteiger partial charge < -0.3 is 25.4 Å². The van der Waals surface area contributed by atoms with Gasteiger partial charge in [0.2, 0.25) is 0 Å². The Morgan fingerprint density at radius 2 is 0.767 bits per heavy atom. The molecule has 1 amide bonds. The summed E-state index contributed by atoms with van der Waals surface area (Å²) in [6.07, 6.45) is 25.1. The Morgan fingerprint density at radius 3 is 1.05 bits per heavy atom. The Balaban J connectivity index is 3.84. The van der Waals surface area contributed by atoms with E-state index in [2.05, 4.69) is 12.2 Å². The van der Waals surface area contributed by atoms with E-state index >= 15 is 0 Å². The van der Waals surface area contributed by atoms with Gasteiger partial charge >= 0.3 is 24.0 Å². The smallest absolute Gasteiger partial charge is 0.407 e. The van der Waals surface area contributed by atoms with Crippen LogP contribution in [-0.4, -0.2) is 51.5 Å². The van der Waals surface area contributed by atoms with Gasteiger partial charge in [-0.15, -0.1) is 0 Å². The molecule has 0 aromatic heterocycles. The first-order chi connectivity index (χ1) is 20.7. The summed E-state index contributed by atoms with van der Waals surface area (Å²) >= 11 is 0. The lowest BCUT2D eigenvalue weighted by atomic mass is 9.83. The number of hydrogen-bond acceptors (Lipinski definition) is 5. The van der Waals surface area contributed by atoms with Crippen molar-refractivity contribution in [1.29, 1.82) is 0 Å². The lowest BCUT2D eigenvalue weighted by Crippen LogP contribution is -2.49. The summed E-state index contributed by atoms with van der Waals surface area (Å²) in [6.45, 7) is 2.47. The molecule has 0 aliphatic rings. The molecule has 43 heavy (non-hydrogen) atoms. The molecule has 0 heterocycles. The van der Waals surface area contributed by atoms with Gasteiger partial charge in [0.05, 0.1) is 6.61 Å². The van der Waals surface area contributed by atoms with E-state index in [0.29, 0.717) is 6.42 Å². The molecule has 0 aliphatic heterocycles. The van der Waals surface area contributed by atoms with E-state index in [9.17, 15) is 19.2 Å². The maximum atomic E-state index is 12.4. The molecule has 0 unspecified atom stereocenters. The molecule has 0 saturated heterocycles. The predicted molar refractivity (Wildman–Crippen MR) is 170 cm³/mol. The number of rotatable bonds is 32. The molecule has 0 spiro atoms. The van der Waals surface area contributed by atoms with Crippen LogP contribution in [0.15, 0.2) is 0 Å². The second kappa shape index (κ2) is 28.5. The van der Waals surface area contributed by atoms with Crippen LogP contribution in [-0.2, 0) is 19.1 Å². The van der Waals surface area contributed by atoms with E-state index in [1.165, 1.54) is 109 Å². The van der Waals surface area contributed by atoms with Crippen LogP contribution in [0.25, 0.3) is 0 Å². The highest BCUT2D eigenvalue weighted by Crippen LogP contribution is 2.26. The number of amides is 1. The molecule has 0 bridgehead atoms. The first kappa shape index (κ1) is 40.7. The van der Waals surface area contributed by atoms with Crippen molar-refractivity contribution in [2.75, 3.05) is 6.61 Å². The number of unbranched alkanes of at least 4 members (excludes halogenated alkanes) is 20. The average molecular weight is 614 g/mol.